The van der Waals surface area contributed by atoms with Crippen molar-refractivity contribution in [2.45, 2.75) is 0 Å². The zero-order valence-electron chi connectivity index (χ0n) is 14.2. The fraction of sp³-hybridized carbons (Fsp3) is 0.0952. The molecule has 0 aliphatic carbocycles. The Morgan fingerprint density at radius 2 is 1.81 bits per heavy atom. The number of carbonyl (C=O) groups is 1. The molecule has 0 fully saturated rings. The van der Waals surface area contributed by atoms with Gasteiger partial charge in [0.05, 0.1) is 18.7 Å². The minimum Gasteiger partial charge on any atom is -0.495 e. The second-order valence-electron chi connectivity index (χ2n) is 5.85. The van der Waals surface area contributed by atoms with Crippen molar-refractivity contribution in [2.75, 3.05) is 14.2 Å². The monoisotopic (exact) mass is 410 g/mol. The van der Waals surface area contributed by atoms with Crippen molar-refractivity contribution in [1.29, 1.82) is 0 Å². The van der Waals surface area contributed by atoms with Gasteiger partial charge in [0.2, 0.25) is 0 Å². The van der Waals surface area contributed by atoms with Crippen molar-refractivity contribution in [3.63, 3.8) is 0 Å². The molecule has 5 heteroatoms. The summed E-state index contributed by atoms with van der Waals surface area (Å²) in [6, 6.07) is 17.6. The van der Waals surface area contributed by atoms with Crippen molar-refractivity contribution in [3.8, 4) is 17.1 Å². The number of benzene rings is 3. The van der Waals surface area contributed by atoms with Crippen LogP contribution in [0.4, 0.5) is 0 Å². The molecule has 0 spiro atoms. The van der Waals surface area contributed by atoms with Gasteiger partial charge in [0, 0.05) is 10.9 Å². The maximum atomic E-state index is 12.1. The molecule has 26 heavy (non-hydrogen) atoms. The molecule has 0 radical (unpaired) electrons. The van der Waals surface area contributed by atoms with Crippen molar-refractivity contribution in [1.82, 2.24) is 0 Å². The molecule has 1 aromatic heterocycles. The molecule has 1 heterocycles. The molecule has 0 saturated carbocycles. The number of esters is 1. The van der Waals surface area contributed by atoms with Gasteiger partial charge in [0.25, 0.3) is 0 Å². The number of hydrogen-bond acceptors (Lipinski definition) is 4. The van der Waals surface area contributed by atoms with Gasteiger partial charge in [0.15, 0.2) is 0 Å². The number of carbonyl (C=O) groups excluding carboxylic acids is 1. The Labute approximate surface area is 158 Å². The molecular formula is C21H15BrO4. The van der Waals surface area contributed by atoms with Gasteiger partial charge in [0.1, 0.15) is 22.7 Å². The van der Waals surface area contributed by atoms with E-state index in [1.54, 1.807) is 6.07 Å². The zero-order valence-corrected chi connectivity index (χ0v) is 15.8. The molecule has 3 aromatic carbocycles. The maximum Gasteiger partial charge on any atom is 0.341 e. The topological polar surface area (TPSA) is 48.7 Å². The largest absolute Gasteiger partial charge is 0.495 e. The van der Waals surface area contributed by atoms with E-state index in [1.165, 1.54) is 14.2 Å². The second kappa shape index (κ2) is 6.50. The van der Waals surface area contributed by atoms with Crippen LogP contribution < -0.4 is 4.74 Å². The normalized spacial score (nSPS) is 11.0. The third-order valence-corrected chi connectivity index (χ3v) is 5.14. The van der Waals surface area contributed by atoms with E-state index in [-0.39, 0.29) is 0 Å². The van der Waals surface area contributed by atoms with Crippen LogP contribution in [0.2, 0.25) is 0 Å². The summed E-state index contributed by atoms with van der Waals surface area (Å²) in [5.41, 5.74) is 2.14. The standard InChI is InChI=1S/C21H15BrO4/c1-24-20-16(21(23)25-2)10-14-9-13(7-8-15(14)19(20)22)18-11-12-5-3-4-6-17(12)26-18/h3-11H,1-2H3. The van der Waals surface area contributed by atoms with E-state index in [0.717, 1.165) is 33.1 Å². The fourth-order valence-electron chi connectivity index (χ4n) is 3.08. The predicted molar refractivity (Wildman–Crippen MR) is 105 cm³/mol. The number of halogens is 1. The van der Waals surface area contributed by atoms with Gasteiger partial charge in [-0.25, -0.2) is 4.79 Å². The summed E-state index contributed by atoms with van der Waals surface area (Å²) in [6.07, 6.45) is 0. The Morgan fingerprint density at radius 1 is 1.00 bits per heavy atom. The predicted octanol–water partition coefficient (Wildman–Crippen LogP) is 5.81. The van der Waals surface area contributed by atoms with Crippen LogP contribution in [0.15, 0.2) is 63.5 Å². The first kappa shape index (κ1) is 16.7. The average molecular weight is 411 g/mol. The van der Waals surface area contributed by atoms with E-state index in [2.05, 4.69) is 15.9 Å². The van der Waals surface area contributed by atoms with E-state index in [0.29, 0.717) is 15.8 Å². The fourth-order valence-corrected chi connectivity index (χ4v) is 3.82. The molecule has 4 nitrogen and oxygen atoms in total. The maximum absolute atomic E-state index is 12.1. The third kappa shape index (κ3) is 2.65. The van der Waals surface area contributed by atoms with Crippen LogP contribution >= 0.6 is 15.9 Å². The number of fused-ring (bicyclic) bond motifs is 2. The Morgan fingerprint density at radius 3 is 2.54 bits per heavy atom. The Bertz CT molecular complexity index is 1110. The molecule has 4 aromatic rings. The van der Waals surface area contributed by atoms with Gasteiger partial charge in [-0.15, -0.1) is 0 Å². The average Bonchev–Trinajstić information content (AvgIpc) is 3.11. The minimum absolute atomic E-state index is 0.371. The van der Waals surface area contributed by atoms with Crippen molar-refractivity contribution in [2.24, 2.45) is 0 Å². The lowest BCUT2D eigenvalue weighted by molar-refractivity contribution is 0.0597. The Balaban J connectivity index is 1.92. The molecular weight excluding hydrogens is 396 g/mol. The minimum atomic E-state index is -0.446. The van der Waals surface area contributed by atoms with Crippen LogP contribution in [-0.4, -0.2) is 20.2 Å². The summed E-state index contributed by atoms with van der Waals surface area (Å²) >= 11 is 3.54. The zero-order chi connectivity index (χ0) is 18.3. The quantitative estimate of drug-likeness (QED) is 0.399. The summed E-state index contributed by atoms with van der Waals surface area (Å²) in [4.78, 5) is 12.1. The lowest BCUT2D eigenvalue weighted by atomic mass is 10.0. The van der Waals surface area contributed by atoms with Gasteiger partial charge in [-0.1, -0.05) is 30.3 Å². The molecule has 0 amide bonds. The van der Waals surface area contributed by atoms with Crippen LogP contribution in [-0.2, 0) is 4.74 Å². The molecule has 0 aliphatic rings. The third-order valence-electron chi connectivity index (χ3n) is 4.35. The lowest BCUT2D eigenvalue weighted by Gasteiger charge is -2.12. The number of methoxy groups -OCH3 is 2. The van der Waals surface area contributed by atoms with Crippen LogP contribution in [0.1, 0.15) is 10.4 Å². The van der Waals surface area contributed by atoms with Gasteiger partial charge < -0.3 is 13.9 Å². The first-order chi connectivity index (χ1) is 12.6. The first-order valence-electron chi connectivity index (χ1n) is 8.00. The molecule has 0 aliphatic heterocycles. The van der Waals surface area contributed by atoms with Crippen LogP contribution in [0.25, 0.3) is 33.1 Å². The number of hydrogen-bond donors (Lipinski definition) is 0. The summed E-state index contributed by atoms with van der Waals surface area (Å²) in [5, 5.41) is 2.87. The van der Waals surface area contributed by atoms with E-state index < -0.39 is 5.97 Å². The Hall–Kier alpha value is -2.79. The smallest absolute Gasteiger partial charge is 0.341 e. The van der Waals surface area contributed by atoms with E-state index >= 15 is 0 Å². The van der Waals surface area contributed by atoms with Gasteiger partial charge in [-0.3, -0.25) is 0 Å². The molecule has 0 bridgehead atoms. The number of furan rings is 1. The molecule has 130 valence electrons. The first-order valence-corrected chi connectivity index (χ1v) is 8.79. The highest BCUT2D eigenvalue weighted by molar-refractivity contribution is 9.10. The van der Waals surface area contributed by atoms with Gasteiger partial charge >= 0.3 is 5.97 Å². The van der Waals surface area contributed by atoms with E-state index in [9.17, 15) is 4.79 Å². The van der Waals surface area contributed by atoms with E-state index in [1.807, 2.05) is 48.5 Å². The molecule has 0 unspecified atom stereocenters. The molecule has 4 rings (SSSR count). The van der Waals surface area contributed by atoms with Crippen LogP contribution in [0, 0.1) is 0 Å². The summed E-state index contributed by atoms with van der Waals surface area (Å²) in [6.45, 7) is 0. The van der Waals surface area contributed by atoms with Gasteiger partial charge in [-0.2, -0.15) is 0 Å². The number of rotatable bonds is 3. The summed E-state index contributed by atoms with van der Waals surface area (Å²) in [5.74, 6) is 0.791. The highest BCUT2D eigenvalue weighted by Crippen LogP contribution is 2.39. The van der Waals surface area contributed by atoms with Crippen molar-refractivity contribution >= 4 is 43.6 Å². The molecule has 0 saturated heterocycles. The lowest BCUT2D eigenvalue weighted by Crippen LogP contribution is -2.05. The Kier molecular flexibility index (Phi) is 4.17. The van der Waals surface area contributed by atoms with Crippen molar-refractivity contribution < 1.29 is 18.7 Å². The van der Waals surface area contributed by atoms with Crippen LogP contribution in [0.3, 0.4) is 0 Å². The molecule has 0 N–H and O–H groups in total. The van der Waals surface area contributed by atoms with E-state index in [4.69, 9.17) is 13.9 Å². The SMILES string of the molecule is COC(=O)c1cc2cc(-c3cc4ccccc4o3)ccc2c(Br)c1OC. The number of para-hydroxylation sites is 1. The van der Waals surface area contributed by atoms with Gasteiger partial charge in [-0.05, 0) is 51.0 Å². The molecule has 0 atom stereocenters. The van der Waals surface area contributed by atoms with Crippen molar-refractivity contribution in [3.05, 3.63) is 64.6 Å². The second-order valence-corrected chi connectivity index (χ2v) is 6.64. The highest BCUT2D eigenvalue weighted by atomic mass is 79.9. The van der Waals surface area contributed by atoms with Crippen LogP contribution in [0.5, 0.6) is 5.75 Å². The summed E-state index contributed by atoms with van der Waals surface area (Å²) < 4.78 is 16.9. The highest BCUT2D eigenvalue weighted by Gasteiger charge is 2.19. The summed E-state index contributed by atoms with van der Waals surface area (Å²) in [7, 11) is 2.88. The number of ether oxygens (including phenoxy) is 2.